The smallest absolute Gasteiger partial charge is 0.303 e. The highest BCUT2D eigenvalue weighted by atomic mass is 16.4. The van der Waals surface area contributed by atoms with E-state index in [0.717, 1.165) is 51.4 Å². The van der Waals surface area contributed by atoms with Crippen LogP contribution in [0.1, 0.15) is 77.6 Å². The van der Waals surface area contributed by atoms with Gasteiger partial charge in [0.15, 0.2) is 0 Å². The number of hydrogen-bond acceptors (Lipinski definition) is 4. The summed E-state index contributed by atoms with van der Waals surface area (Å²) < 4.78 is 0. The largest absolute Gasteiger partial charge is 0.481 e. The monoisotopic (exact) mass is 356 g/mol. The molecule has 1 aliphatic rings. The lowest BCUT2D eigenvalue weighted by atomic mass is 9.88. The van der Waals surface area contributed by atoms with Gasteiger partial charge in [0.1, 0.15) is 0 Å². The lowest BCUT2D eigenvalue weighted by Gasteiger charge is -2.21. The maximum absolute atomic E-state index is 10.5. The molecule has 0 amide bonds. The first kappa shape index (κ1) is 22.1. The number of hydrogen-bond donors (Lipinski definition) is 4. The highest BCUT2D eigenvalue weighted by Crippen LogP contribution is 2.37. The second-order valence-corrected chi connectivity index (χ2v) is 7.41. The standard InChI is InChI=1S/C20H36O5/c1-2-3-6-9-15(21)12-13-17-16(18(22)14-19(17)23)10-7-4-5-8-11-20(24)25/h12-13,15-19,21-23H,2-11,14H2,1H3,(H,24,25)/b13-12+/t15-,16+,17+,18+,19+/m1/s1. The summed E-state index contributed by atoms with van der Waals surface area (Å²) in [5, 5.41) is 39.0. The van der Waals surface area contributed by atoms with E-state index in [2.05, 4.69) is 6.92 Å². The van der Waals surface area contributed by atoms with Gasteiger partial charge in [0.25, 0.3) is 0 Å². The van der Waals surface area contributed by atoms with Crippen molar-refractivity contribution in [2.75, 3.05) is 0 Å². The molecule has 1 fully saturated rings. The predicted octanol–water partition coefficient (Wildman–Crippen LogP) is 3.27. The van der Waals surface area contributed by atoms with Crippen LogP contribution in [-0.2, 0) is 4.79 Å². The number of unbranched alkanes of at least 4 members (excludes halogenated alkanes) is 5. The lowest BCUT2D eigenvalue weighted by Crippen LogP contribution is -2.21. The summed E-state index contributed by atoms with van der Waals surface area (Å²) in [6, 6.07) is 0. The summed E-state index contributed by atoms with van der Waals surface area (Å²) in [7, 11) is 0. The third-order valence-corrected chi connectivity index (χ3v) is 5.25. The van der Waals surface area contributed by atoms with Crippen molar-refractivity contribution in [2.24, 2.45) is 11.8 Å². The van der Waals surface area contributed by atoms with Crippen LogP contribution in [0.2, 0.25) is 0 Å². The van der Waals surface area contributed by atoms with Crippen molar-refractivity contribution in [1.82, 2.24) is 0 Å². The van der Waals surface area contributed by atoms with Gasteiger partial charge < -0.3 is 20.4 Å². The molecular weight excluding hydrogens is 320 g/mol. The van der Waals surface area contributed by atoms with Gasteiger partial charge in [-0.05, 0) is 25.2 Å². The Bertz CT molecular complexity index is 396. The summed E-state index contributed by atoms with van der Waals surface area (Å²) in [4.78, 5) is 10.5. The number of carbonyl (C=O) groups is 1. The van der Waals surface area contributed by atoms with Crippen molar-refractivity contribution in [3.05, 3.63) is 12.2 Å². The van der Waals surface area contributed by atoms with Gasteiger partial charge in [0.2, 0.25) is 0 Å². The highest BCUT2D eigenvalue weighted by Gasteiger charge is 2.39. The van der Waals surface area contributed by atoms with Gasteiger partial charge in [-0.25, -0.2) is 0 Å². The average Bonchev–Trinajstić information content (AvgIpc) is 2.82. The molecule has 0 heterocycles. The number of aliphatic hydroxyl groups excluding tert-OH is 3. The summed E-state index contributed by atoms with van der Waals surface area (Å²) in [6.07, 6.45) is 11.0. The van der Waals surface area contributed by atoms with E-state index >= 15 is 0 Å². The Morgan fingerprint density at radius 1 is 1.08 bits per heavy atom. The molecule has 5 nitrogen and oxygen atoms in total. The molecule has 0 radical (unpaired) electrons. The fraction of sp³-hybridized carbons (Fsp3) is 0.850. The maximum Gasteiger partial charge on any atom is 0.303 e. The van der Waals surface area contributed by atoms with Crippen molar-refractivity contribution in [3.8, 4) is 0 Å². The van der Waals surface area contributed by atoms with Crippen LogP contribution in [0.4, 0.5) is 0 Å². The van der Waals surface area contributed by atoms with Crippen molar-refractivity contribution in [3.63, 3.8) is 0 Å². The van der Waals surface area contributed by atoms with Crippen LogP contribution in [-0.4, -0.2) is 44.7 Å². The van der Waals surface area contributed by atoms with Crippen molar-refractivity contribution in [2.45, 2.75) is 95.9 Å². The molecule has 0 bridgehead atoms. The molecule has 1 rings (SSSR count). The number of carboxylic acids is 1. The molecule has 4 N–H and O–H groups in total. The number of rotatable bonds is 13. The van der Waals surface area contributed by atoms with E-state index in [1.165, 1.54) is 0 Å². The minimum Gasteiger partial charge on any atom is -0.481 e. The maximum atomic E-state index is 10.5. The molecule has 1 saturated carbocycles. The van der Waals surface area contributed by atoms with Crippen LogP contribution >= 0.6 is 0 Å². The molecule has 0 aromatic heterocycles. The fourth-order valence-corrected chi connectivity index (χ4v) is 3.74. The molecule has 0 saturated heterocycles. The van der Waals surface area contributed by atoms with Crippen LogP contribution in [0.5, 0.6) is 0 Å². The third-order valence-electron chi connectivity index (χ3n) is 5.25. The van der Waals surface area contributed by atoms with E-state index in [1.54, 1.807) is 6.08 Å². The Kier molecular flexibility index (Phi) is 11.0. The van der Waals surface area contributed by atoms with Gasteiger partial charge in [-0.1, -0.05) is 57.6 Å². The van der Waals surface area contributed by atoms with Gasteiger partial charge in [0.05, 0.1) is 18.3 Å². The number of carboxylic acid groups (broad SMARTS) is 1. The summed E-state index contributed by atoms with van der Waals surface area (Å²) in [6.45, 7) is 2.13. The molecule has 0 unspecified atom stereocenters. The SMILES string of the molecule is CCCCC[C@@H](O)/C=C/[C@H]1[C@H](CCCCCCC(=O)O)[C@@H](O)C[C@@H]1O. The van der Waals surface area contributed by atoms with Crippen LogP contribution in [0, 0.1) is 11.8 Å². The average molecular weight is 357 g/mol. The molecule has 0 spiro atoms. The highest BCUT2D eigenvalue weighted by molar-refractivity contribution is 5.66. The van der Waals surface area contributed by atoms with Crippen molar-refractivity contribution < 1.29 is 25.2 Å². The second kappa shape index (κ2) is 12.4. The second-order valence-electron chi connectivity index (χ2n) is 7.41. The van der Waals surface area contributed by atoms with E-state index in [-0.39, 0.29) is 18.3 Å². The topological polar surface area (TPSA) is 98.0 Å². The molecule has 0 aromatic rings. The van der Waals surface area contributed by atoms with E-state index in [0.29, 0.717) is 12.8 Å². The van der Waals surface area contributed by atoms with Crippen molar-refractivity contribution >= 4 is 5.97 Å². The van der Waals surface area contributed by atoms with E-state index in [1.807, 2.05) is 6.08 Å². The fourth-order valence-electron chi connectivity index (χ4n) is 3.74. The normalized spacial score (nSPS) is 27.8. The number of aliphatic hydroxyl groups is 3. The Hall–Kier alpha value is -0.910. The van der Waals surface area contributed by atoms with Crippen LogP contribution in [0.25, 0.3) is 0 Å². The predicted molar refractivity (Wildman–Crippen MR) is 98.2 cm³/mol. The molecule has 5 heteroatoms. The first-order chi connectivity index (χ1) is 12.0. The van der Waals surface area contributed by atoms with Crippen LogP contribution < -0.4 is 0 Å². The molecule has 146 valence electrons. The molecular formula is C20H36O5. The molecule has 1 aliphatic carbocycles. The zero-order valence-corrected chi connectivity index (χ0v) is 15.5. The van der Waals surface area contributed by atoms with Gasteiger partial charge in [-0.3, -0.25) is 4.79 Å². The zero-order valence-electron chi connectivity index (χ0n) is 15.5. The van der Waals surface area contributed by atoms with E-state index in [9.17, 15) is 20.1 Å². The Labute approximate surface area is 151 Å². The first-order valence-electron chi connectivity index (χ1n) is 9.90. The summed E-state index contributed by atoms with van der Waals surface area (Å²) in [5.74, 6) is -0.833. The minimum atomic E-state index is -0.753. The quantitative estimate of drug-likeness (QED) is 0.300. The molecule has 25 heavy (non-hydrogen) atoms. The minimum absolute atomic E-state index is 0.0218. The van der Waals surface area contributed by atoms with Crippen LogP contribution in [0.15, 0.2) is 12.2 Å². The molecule has 0 aromatic carbocycles. The molecule has 5 atom stereocenters. The Balaban J connectivity index is 2.38. The summed E-state index contributed by atoms with van der Waals surface area (Å²) >= 11 is 0. The summed E-state index contributed by atoms with van der Waals surface area (Å²) in [5.41, 5.74) is 0. The first-order valence-corrected chi connectivity index (χ1v) is 9.90. The lowest BCUT2D eigenvalue weighted by molar-refractivity contribution is -0.137. The zero-order chi connectivity index (χ0) is 18.7. The van der Waals surface area contributed by atoms with Crippen molar-refractivity contribution in [1.29, 1.82) is 0 Å². The van der Waals surface area contributed by atoms with E-state index in [4.69, 9.17) is 5.11 Å². The van der Waals surface area contributed by atoms with E-state index < -0.39 is 24.3 Å². The van der Waals surface area contributed by atoms with Gasteiger partial charge in [0, 0.05) is 18.8 Å². The van der Waals surface area contributed by atoms with Gasteiger partial charge >= 0.3 is 5.97 Å². The van der Waals surface area contributed by atoms with Gasteiger partial charge in [-0.2, -0.15) is 0 Å². The Morgan fingerprint density at radius 2 is 1.80 bits per heavy atom. The third kappa shape index (κ3) is 8.84. The molecule has 0 aliphatic heterocycles. The van der Waals surface area contributed by atoms with Crippen LogP contribution in [0.3, 0.4) is 0 Å². The Morgan fingerprint density at radius 3 is 2.48 bits per heavy atom. The number of aliphatic carboxylic acids is 1. The van der Waals surface area contributed by atoms with Gasteiger partial charge in [-0.15, -0.1) is 0 Å².